The third-order valence-corrected chi connectivity index (χ3v) is 7.02. The highest BCUT2D eigenvalue weighted by Gasteiger charge is 2.35. The number of thioether (sulfide) groups is 1. The molecule has 4 rings (SSSR count). The van der Waals surface area contributed by atoms with Crippen LogP contribution in [0.15, 0.2) is 57.3 Å². The highest BCUT2D eigenvalue weighted by molar-refractivity contribution is 9.10. The third-order valence-electron chi connectivity index (χ3n) is 5.71. The van der Waals surface area contributed by atoms with E-state index in [-0.39, 0.29) is 12.0 Å². The second-order valence-electron chi connectivity index (χ2n) is 8.75. The standard InChI is InChI=1S/C27H32BrN5O4S/c1-7-36-20-12-10-9-11-19(20)30-25(34)22-16(5)29-26-31-27(38-8-2)32-33(26)23(22)17-13-18(28)24(37-15(3)4)21(14-17)35-6/h9-15,23H,7-8H2,1-6H3,(H,30,34)(H,29,31,32). The summed E-state index contributed by atoms with van der Waals surface area (Å²) in [4.78, 5) is 18.6. The van der Waals surface area contributed by atoms with Gasteiger partial charge in [0.05, 0.1) is 35.6 Å². The smallest absolute Gasteiger partial charge is 0.255 e. The Hall–Kier alpha value is -3.18. The number of methoxy groups -OCH3 is 1. The average Bonchev–Trinajstić information content (AvgIpc) is 3.27. The minimum absolute atomic E-state index is 0.0469. The molecule has 38 heavy (non-hydrogen) atoms. The summed E-state index contributed by atoms with van der Waals surface area (Å²) < 4.78 is 19.9. The summed E-state index contributed by atoms with van der Waals surface area (Å²) in [5.74, 6) is 2.85. The number of benzene rings is 2. The summed E-state index contributed by atoms with van der Waals surface area (Å²) in [6, 6.07) is 10.6. The molecule has 1 aromatic heterocycles. The van der Waals surface area contributed by atoms with E-state index in [0.29, 0.717) is 56.4 Å². The van der Waals surface area contributed by atoms with Gasteiger partial charge in [0.1, 0.15) is 11.8 Å². The van der Waals surface area contributed by atoms with Crippen LogP contribution in [0.3, 0.4) is 0 Å². The zero-order chi connectivity index (χ0) is 27.4. The van der Waals surface area contributed by atoms with Crippen LogP contribution in [0.1, 0.15) is 46.2 Å². The quantitative estimate of drug-likeness (QED) is 0.262. The predicted octanol–water partition coefficient (Wildman–Crippen LogP) is 6.27. The highest BCUT2D eigenvalue weighted by Crippen LogP contribution is 2.43. The van der Waals surface area contributed by atoms with Crippen molar-refractivity contribution in [2.24, 2.45) is 0 Å². The molecule has 2 N–H and O–H groups in total. The van der Waals surface area contributed by atoms with Gasteiger partial charge in [-0.15, -0.1) is 5.10 Å². The lowest BCUT2D eigenvalue weighted by Gasteiger charge is -2.29. The lowest BCUT2D eigenvalue weighted by atomic mass is 9.94. The fourth-order valence-corrected chi connectivity index (χ4v) is 5.32. The molecular weight excluding hydrogens is 570 g/mol. The number of nitrogens with zero attached hydrogens (tertiary/aromatic N) is 3. The van der Waals surface area contributed by atoms with Crippen molar-refractivity contribution in [3.05, 3.63) is 57.7 Å². The number of fused-ring (bicyclic) bond motifs is 1. The molecule has 0 saturated carbocycles. The first-order valence-electron chi connectivity index (χ1n) is 12.4. The zero-order valence-electron chi connectivity index (χ0n) is 22.3. The Morgan fingerprint density at radius 3 is 2.68 bits per heavy atom. The van der Waals surface area contributed by atoms with Crippen molar-refractivity contribution in [1.29, 1.82) is 0 Å². The van der Waals surface area contributed by atoms with Gasteiger partial charge in [-0.2, -0.15) is 4.98 Å². The number of amides is 1. The van der Waals surface area contributed by atoms with Gasteiger partial charge in [0.15, 0.2) is 11.5 Å². The number of para-hydroxylation sites is 2. The Bertz CT molecular complexity index is 1360. The molecular formula is C27H32BrN5O4S. The topological polar surface area (TPSA) is 99.5 Å². The molecule has 1 aliphatic rings. The zero-order valence-corrected chi connectivity index (χ0v) is 24.7. The molecule has 1 aliphatic heterocycles. The van der Waals surface area contributed by atoms with Crippen molar-refractivity contribution in [3.63, 3.8) is 0 Å². The van der Waals surface area contributed by atoms with Crippen LogP contribution in [0.5, 0.6) is 17.2 Å². The molecule has 1 amide bonds. The van der Waals surface area contributed by atoms with Gasteiger partial charge in [-0.25, -0.2) is 4.68 Å². The summed E-state index contributed by atoms with van der Waals surface area (Å²) in [6.07, 6.45) is -0.0469. The number of nitrogens with one attached hydrogen (secondary N) is 2. The summed E-state index contributed by atoms with van der Waals surface area (Å²) >= 11 is 5.19. The number of ether oxygens (including phenoxy) is 3. The van der Waals surface area contributed by atoms with Gasteiger partial charge >= 0.3 is 0 Å². The van der Waals surface area contributed by atoms with E-state index in [1.807, 2.05) is 71.0 Å². The lowest BCUT2D eigenvalue weighted by molar-refractivity contribution is -0.113. The van der Waals surface area contributed by atoms with E-state index in [4.69, 9.17) is 19.3 Å². The molecule has 0 saturated heterocycles. The van der Waals surface area contributed by atoms with E-state index in [1.54, 1.807) is 11.8 Å². The Balaban J connectivity index is 1.83. The van der Waals surface area contributed by atoms with Crippen LogP contribution in [0, 0.1) is 0 Å². The van der Waals surface area contributed by atoms with E-state index in [2.05, 4.69) is 31.5 Å². The maximum atomic E-state index is 13.9. The van der Waals surface area contributed by atoms with Crippen molar-refractivity contribution >= 4 is 45.2 Å². The number of rotatable bonds is 10. The number of hydrogen-bond donors (Lipinski definition) is 2. The number of allylic oxidation sites excluding steroid dienone is 1. The first-order chi connectivity index (χ1) is 18.3. The maximum Gasteiger partial charge on any atom is 0.255 e. The van der Waals surface area contributed by atoms with Crippen LogP contribution in [0.25, 0.3) is 0 Å². The van der Waals surface area contributed by atoms with Crippen LogP contribution >= 0.6 is 27.7 Å². The third kappa shape index (κ3) is 5.78. The molecule has 9 nitrogen and oxygen atoms in total. The summed E-state index contributed by atoms with van der Waals surface area (Å²) in [6.45, 7) is 10.2. The van der Waals surface area contributed by atoms with E-state index < -0.39 is 6.04 Å². The Labute approximate surface area is 235 Å². The van der Waals surface area contributed by atoms with Gasteiger partial charge < -0.3 is 24.8 Å². The van der Waals surface area contributed by atoms with Crippen LogP contribution in [-0.4, -0.2) is 46.2 Å². The molecule has 1 unspecified atom stereocenters. The first kappa shape index (κ1) is 27.8. The molecule has 0 aliphatic carbocycles. The molecule has 2 aromatic carbocycles. The van der Waals surface area contributed by atoms with Gasteiger partial charge in [0, 0.05) is 5.70 Å². The number of anilines is 2. The summed E-state index contributed by atoms with van der Waals surface area (Å²) in [5, 5.41) is 11.7. The molecule has 202 valence electrons. The highest BCUT2D eigenvalue weighted by atomic mass is 79.9. The monoisotopic (exact) mass is 601 g/mol. The Morgan fingerprint density at radius 2 is 2.00 bits per heavy atom. The second kappa shape index (κ2) is 12.1. The number of aromatic nitrogens is 3. The van der Waals surface area contributed by atoms with Crippen LogP contribution in [0.2, 0.25) is 0 Å². The molecule has 3 aromatic rings. The molecule has 11 heteroatoms. The molecule has 0 spiro atoms. The minimum Gasteiger partial charge on any atom is -0.493 e. The van der Waals surface area contributed by atoms with Gasteiger partial charge in [-0.05, 0) is 79.2 Å². The van der Waals surface area contributed by atoms with Gasteiger partial charge in [0.25, 0.3) is 5.91 Å². The summed E-state index contributed by atoms with van der Waals surface area (Å²) in [5.41, 5.74) is 2.54. The van der Waals surface area contributed by atoms with Crippen LogP contribution < -0.4 is 24.8 Å². The Morgan fingerprint density at radius 1 is 1.24 bits per heavy atom. The minimum atomic E-state index is -0.581. The largest absolute Gasteiger partial charge is 0.493 e. The summed E-state index contributed by atoms with van der Waals surface area (Å²) in [7, 11) is 1.59. The van der Waals surface area contributed by atoms with E-state index in [9.17, 15) is 4.79 Å². The maximum absolute atomic E-state index is 13.9. The predicted molar refractivity (Wildman–Crippen MR) is 154 cm³/mol. The van der Waals surface area contributed by atoms with Crippen LogP contribution in [-0.2, 0) is 4.79 Å². The van der Waals surface area contributed by atoms with E-state index in [1.165, 1.54) is 11.8 Å². The number of carbonyl (C=O) groups is 1. The van der Waals surface area contributed by atoms with Crippen molar-refractivity contribution in [3.8, 4) is 17.2 Å². The number of hydrogen-bond acceptors (Lipinski definition) is 8. The normalized spacial score (nSPS) is 14.7. The molecule has 0 bridgehead atoms. The molecule has 2 heterocycles. The molecule has 1 atom stereocenters. The van der Waals surface area contributed by atoms with Crippen molar-refractivity contribution < 1.29 is 19.0 Å². The fourth-order valence-electron chi connectivity index (χ4n) is 4.21. The van der Waals surface area contributed by atoms with Gasteiger partial charge in [0.2, 0.25) is 11.1 Å². The number of halogens is 1. The van der Waals surface area contributed by atoms with E-state index in [0.717, 1.165) is 11.3 Å². The molecule has 0 fully saturated rings. The van der Waals surface area contributed by atoms with E-state index >= 15 is 0 Å². The first-order valence-corrected chi connectivity index (χ1v) is 14.2. The van der Waals surface area contributed by atoms with Crippen molar-refractivity contribution in [2.45, 2.75) is 51.9 Å². The number of carbonyl (C=O) groups excluding carboxylic acids is 1. The van der Waals surface area contributed by atoms with Crippen LogP contribution in [0.4, 0.5) is 11.6 Å². The van der Waals surface area contributed by atoms with Gasteiger partial charge in [-0.1, -0.05) is 30.8 Å². The SMILES string of the molecule is CCOc1ccccc1NC(=O)C1=C(C)Nc2nc(SCC)nn2C1c1cc(Br)c(OC(C)C)c(OC)c1. The fraction of sp³-hybridized carbons (Fsp3) is 0.370. The second-order valence-corrected chi connectivity index (χ2v) is 10.8. The Kier molecular flexibility index (Phi) is 8.88. The average molecular weight is 603 g/mol. The van der Waals surface area contributed by atoms with Gasteiger partial charge in [-0.3, -0.25) is 4.79 Å². The van der Waals surface area contributed by atoms with Crippen molar-refractivity contribution in [2.75, 3.05) is 30.1 Å². The lowest BCUT2D eigenvalue weighted by Crippen LogP contribution is -2.31. The van der Waals surface area contributed by atoms with Crippen molar-refractivity contribution in [1.82, 2.24) is 14.8 Å². The molecule has 0 radical (unpaired) electrons.